The van der Waals surface area contributed by atoms with E-state index in [0.29, 0.717) is 6.42 Å². The SMILES string of the molecule is CCC(C)(Cc1ccccc1)c1c([NH2+]CCC=O)ccc2ccccc12. The summed E-state index contributed by atoms with van der Waals surface area (Å²) in [6.45, 7) is 5.44. The van der Waals surface area contributed by atoms with Gasteiger partial charge in [0, 0.05) is 11.0 Å². The fourth-order valence-electron chi connectivity index (χ4n) is 3.88. The van der Waals surface area contributed by atoms with Gasteiger partial charge in [0.25, 0.3) is 0 Å². The van der Waals surface area contributed by atoms with E-state index in [1.807, 2.05) is 0 Å². The third-order valence-corrected chi connectivity index (χ3v) is 5.43. The van der Waals surface area contributed by atoms with Crippen LogP contribution >= 0.6 is 0 Å². The fourth-order valence-corrected chi connectivity index (χ4v) is 3.88. The van der Waals surface area contributed by atoms with Gasteiger partial charge in [-0.15, -0.1) is 0 Å². The van der Waals surface area contributed by atoms with E-state index in [-0.39, 0.29) is 5.41 Å². The van der Waals surface area contributed by atoms with Crippen LogP contribution in [0.4, 0.5) is 5.69 Å². The first kappa shape index (κ1) is 18.3. The Morgan fingerprint density at radius 3 is 2.42 bits per heavy atom. The molecule has 1 atom stereocenters. The molecule has 3 aromatic carbocycles. The number of hydrogen-bond acceptors (Lipinski definition) is 1. The fraction of sp³-hybridized carbons (Fsp3) is 0.292. The van der Waals surface area contributed by atoms with Crippen molar-refractivity contribution in [1.82, 2.24) is 0 Å². The van der Waals surface area contributed by atoms with Crippen LogP contribution in [-0.2, 0) is 16.6 Å². The summed E-state index contributed by atoms with van der Waals surface area (Å²) in [6, 6.07) is 23.8. The highest BCUT2D eigenvalue weighted by Gasteiger charge is 2.31. The van der Waals surface area contributed by atoms with Crippen LogP contribution in [0.15, 0.2) is 66.7 Å². The van der Waals surface area contributed by atoms with Crippen molar-refractivity contribution in [3.8, 4) is 0 Å². The molecule has 26 heavy (non-hydrogen) atoms. The molecule has 0 amide bonds. The van der Waals surface area contributed by atoms with Crippen molar-refractivity contribution >= 4 is 22.7 Å². The van der Waals surface area contributed by atoms with Crippen molar-refractivity contribution < 1.29 is 10.1 Å². The van der Waals surface area contributed by atoms with E-state index < -0.39 is 0 Å². The Labute approximate surface area is 156 Å². The monoisotopic (exact) mass is 346 g/mol. The number of nitrogens with two attached hydrogens (primary N) is 1. The van der Waals surface area contributed by atoms with Crippen LogP contribution in [0.25, 0.3) is 10.8 Å². The van der Waals surface area contributed by atoms with Gasteiger partial charge in [0.1, 0.15) is 12.0 Å². The molecule has 134 valence electrons. The first-order valence-corrected chi connectivity index (χ1v) is 9.51. The molecule has 0 saturated heterocycles. The van der Waals surface area contributed by atoms with Crippen LogP contribution in [0, 0.1) is 0 Å². The summed E-state index contributed by atoms with van der Waals surface area (Å²) in [4.78, 5) is 10.8. The molecule has 3 aromatic rings. The topological polar surface area (TPSA) is 33.7 Å². The molecule has 0 aliphatic carbocycles. The lowest BCUT2D eigenvalue weighted by Crippen LogP contribution is -2.78. The van der Waals surface area contributed by atoms with Gasteiger partial charge in [-0.25, -0.2) is 0 Å². The van der Waals surface area contributed by atoms with Crippen molar-refractivity contribution in [3.63, 3.8) is 0 Å². The predicted molar refractivity (Wildman–Crippen MR) is 109 cm³/mol. The molecular formula is C24H28NO+. The summed E-state index contributed by atoms with van der Waals surface area (Å²) in [5.74, 6) is 0. The maximum Gasteiger partial charge on any atom is 0.134 e. The standard InChI is InChI=1S/C24H27NO/c1-3-24(2,18-19-10-5-4-6-11-19)23-21-13-8-7-12-20(21)14-15-22(23)25-16-9-17-26/h4-8,10-15,17,25H,3,9,16,18H2,1-2H3/p+1. The molecule has 0 aliphatic rings. The second-order valence-corrected chi connectivity index (χ2v) is 7.28. The van der Waals surface area contributed by atoms with Gasteiger partial charge in [-0.2, -0.15) is 0 Å². The number of hydrogen-bond donors (Lipinski definition) is 1. The van der Waals surface area contributed by atoms with Crippen LogP contribution in [0.1, 0.15) is 37.8 Å². The molecule has 0 fully saturated rings. The van der Waals surface area contributed by atoms with Crippen LogP contribution < -0.4 is 5.32 Å². The van der Waals surface area contributed by atoms with E-state index in [1.165, 1.54) is 27.6 Å². The molecule has 0 aliphatic heterocycles. The van der Waals surface area contributed by atoms with E-state index in [1.54, 1.807) is 0 Å². The Kier molecular flexibility index (Phi) is 5.85. The number of fused-ring (bicyclic) bond motifs is 1. The number of carbonyl (C=O) groups excluding carboxylic acids is 1. The molecule has 0 spiro atoms. The number of quaternary nitrogens is 1. The van der Waals surface area contributed by atoms with Gasteiger partial charge in [0.15, 0.2) is 0 Å². The molecule has 0 aromatic heterocycles. The highest BCUT2D eigenvalue weighted by Crippen LogP contribution is 2.39. The number of benzene rings is 3. The summed E-state index contributed by atoms with van der Waals surface area (Å²) in [5, 5.41) is 4.84. The molecule has 0 heterocycles. The minimum atomic E-state index is 0.0369. The van der Waals surface area contributed by atoms with Gasteiger partial charge in [-0.3, -0.25) is 0 Å². The summed E-state index contributed by atoms with van der Waals surface area (Å²) >= 11 is 0. The Balaban J connectivity index is 2.11. The average molecular weight is 346 g/mol. The van der Waals surface area contributed by atoms with Crippen molar-refractivity contribution in [2.75, 3.05) is 6.54 Å². The quantitative estimate of drug-likeness (QED) is 0.363. The zero-order valence-corrected chi connectivity index (χ0v) is 15.7. The van der Waals surface area contributed by atoms with E-state index in [2.05, 4.69) is 85.9 Å². The second kappa shape index (κ2) is 8.29. The molecule has 3 rings (SSSR count). The van der Waals surface area contributed by atoms with E-state index >= 15 is 0 Å². The number of rotatable bonds is 8. The maximum absolute atomic E-state index is 10.8. The van der Waals surface area contributed by atoms with Crippen LogP contribution in [0.2, 0.25) is 0 Å². The minimum absolute atomic E-state index is 0.0369. The van der Waals surface area contributed by atoms with Gasteiger partial charge in [0.2, 0.25) is 0 Å². The van der Waals surface area contributed by atoms with Gasteiger partial charge in [0.05, 0.1) is 13.0 Å². The van der Waals surface area contributed by atoms with Crippen molar-refractivity contribution in [2.45, 2.75) is 38.5 Å². The first-order chi connectivity index (χ1) is 12.7. The van der Waals surface area contributed by atoms with Gasteiger partial charge >= 0.3 is 0 Å². The molecule has 0 bridgehead atoms. The zero-order valence-electron chi connectivity index (χ0n) is 15.7. The number of aldehydes is 1. The molecule has 2 nitrogen and oxygen atoms in total. The molecule has 1 unspecified atom stereocenters. The smallest absolute Gasteiger partial charge is 0.134 e. The van der Waals surface area contributed by atoms with Crippen molar-refractivity contribution in [2.24, 2.45) is 0 Å². The molecule has 2 heteroatoms. The Hall–Kier alpha value is -2.45. The van der Waals surface area contributed by atoms with E-state index in [0.717, 1.165) is 25.7 Å². The Morgan fingerprint density at radius 2 is 1.69 bits per heavy atom. The number of carbonyl (C=O) groups is 1. The lowest BCUT2D eigenvalue weighted by Gasteiger charge is -2.31. The van der Waals surface area contributed by atoms with Gasteiger partial charge < -0.3 is 10.1 Å². The van der Waals surface area contributed by atoms with E-state index in [9.17, 15) is 4.79 Å². The second-order valence-electron chi connectivity index (χ2n) is 7.28. The molecule has 2 N–H and O–H groups in total. The Morgan fingerprint density at radius 1 is 0.962 bits per heavy atom. The highest BCUT2D eigenvalue weighted by molar-refractivity contribution is 5.89. The average Bonchev–Trinajstić information content (AvgIpc) is 2.68. The normalized spacial score (nSPS) is 13.5. The minimum Gasteiger partial charge on any atom is -0.313 e. The largest absolute Gasteiger partial charge is 0.313 e. The summed E-state index contributed by atoms with van der Waals surface area (Å²) in [6.07, 6.45) is 3.64. The summed E-state index contributed by atoms with van der Waals surface area (Å²) in [5.41, 5.74) is 4.08. The first-order valence-electron chi connectivity index (χ1n) is 9.51. The summed E-state index contributed by atoms with van der Waals surface area (Å²) in [7, 11) is 0. The molecular weight excluding hydrogens is 318 g/mol. The van der Waals surface area contributed by atoms with Crippen molar-refractivity contribution in [1.29, 1.82) is 0 Å². The van der Waals surface area contributed by atoms with Gasteiger partial charge in [-0.05, 0) is 41.3 Å². The lowest BCUT2D eigenvalue weighted by atomic mass is 9.72. The molecule has 0 saturated carbocycles. The third kappa shape index (κ3) is 3.86. The van der Waals surface area contributed by atoms with Crippen LogP contribution in [0.5, 0.6) is 0 Å². The highest BCUT2D eigenvalue weighted by atomic mass is 16.1. The predicted octanol–water partition coefficient (Wildman–Crippen LogP) is 4.53. The van der Waals surface area contributed by atoms with Crippen LogP contribution in [-0.4, -0.2) is 12.8 Å². The van der Waals surface area contributed by atoms with E-state index in [4.69, 9.17) is 0 Å². The Bertz CT molecular complexity index is 872. The van der Waals surface area contributed by atoms with Crippen molar-refractivity contribution in [3.05, 3.63) is 77.9 Å². The lowest BCUT2D eigenvalue weighted by molar-refractivity contribution is -0.570. The third-order valence-electron chi connectivity index (χ3n) is 5.43. The summed E-state index contributed by atoms with van der Waals surface area (Å²) < 4.78 is 0. The zero-order chi connectivity index (χ0) is 18.4. The maximum atomic E-state index is 10.8. The van der Waals surface area contributed by atoms with Crippen LogP contribution in [0.3, 0.4) is 0 Å². The molecule has 0 radical (unpaired) electrons. The van der Waals surface area contributed by atoms with Gasteiger partial charge in [-0.1, -0.05) is 68.4 Å².